The normalized spacial score (nSPS) is 11.1. The summed E-state index contributed by atoms with van der Waals surface area (Å²) in [6.07, 6.45) is 0.397. The summed E-state index contributed by atoms with van der Waals surface area (Å²) in [6.45, 7) is 3.31. The summed E-state index contributed by atoms with van der Waals surface area (Å²) in [5.41, 5.74) is 3.13. The highest BCUT2D eigenvalue weighted by atomic mass is 16.1. The van der Waals surface area contributed by atoms with Crippen LogP contribution in [0.4, 0.5) is 0 Å². The highest BCUT2D eigenvalue weighted by molar-refractivity contribution is 5.85. The number of carbonyl (C=O) groups is 1. The van der Waals surface area contributed by atoms with E-state index in [2.05, 4.69) is 45.2 Å². The average molecular weight is 343 g/mol. The lowest BCUT2D eigenvalue weighted by Crippen LogP contribution is -2.28. The van der Waals surface area contributed by atoms with Gasteiger partial charge in [0.25, 0.3) is 0 Å². The second-order valence-corrected chi connectivity index (χ2v) is 6.51. The molecule has 0 saturated carbocycles. The fourth-order valence-electron chi connectivity index (χ4n) is 3.38. The van der Waals surface area contributed by atoms with E-state index in [0.717, 1.165) is 29.0 Å². The number of benzene rings is 3. The minimum atomic E-state index is 0.0438. The highest BCUT2D eigenvalue weighted by Crippen LogP contribution is 2.16. The third kappa shape index (κ3) is 3.31. The van der Waals surface area contributed by atoms with Gasteiger partial charge in [-0.2, -0.15) is 0 Å². The van der Waals surface area contributed by atoms with Crippen molar-refractivity contribution < 1.29 is 4.79 Å². The predicted octanol–water partition coefficient (Wildman–Crippen LogP) is 3.86. The Morgan fingerprint density at radius 3 is 2.65 bits per heavy atom. The van der Waals surface area contributed by atoms with Crippen molar-refractivity contribution >= 4 is 27.7 Å². The third-order valence-electron chi connectivity index (χ3n) is 4.68. The maximum Gasteiger partial charge on any atom is 0.224 e. The lowest BCUT2D eigenvalue weighted by molar-refractivity contribution is -0.120. The average Bonchev–Trinajstić information content (AvgIpc) is 2.97. The lowest BCUT2D eigenvalue weighted by Gasteiger charge is -2.09. The van der Waals surface area contributed by atoms with Crippen molar-refractivity contribution in [2.45, 2.75) is 19.9 Å². The van der Waals surface area contributed by atoms with Gasteiger partial charge in [0.15, 0.2) is 0 Å². The van der Waals surface area contributed by atoms with Crippen LogP contribution in [0, 0.1) is 6.92 Å². The standard InChI is InChI=1S/C22H21N3O/c1-16-24-20-8-4-5-9-21(20)25(16)13-12-23-22(26)15-17-10-11-18-6-2-3-7-19(18)14-17/h2-11,14H,12-13,15H2,1H3,(H,23,26). The molecule has 4 heteroatoms. The Hall–Kier alpha value is -3.14. The van der Waals surface area contributed by atoms with E-state index in [0.29, 0.717) is 13.0 Å². The summed E-state index contributed by atoms with van der Waals surface area (Å²) in [5.74, 6) is 1.01. The third-order valence-corrected chi connectivity index (χ3v) is 4.68. The summed E-state index contributed by atoms with van der Waals surface area (Å²) < 4.78 is 2.14. The Bertz CT molecular complexity index is 1080. The van der Waals surface area contributed by atoms with Gasteiger partial charge in [0.05, 0.1) is 17.5 Å². The van der Waals surface area contributed by atoms with Crippen molar-refractivity contribution in [1.29, 1.82) is 0 Å². The van der Waals surface area contributed by atoms with Crippen LogP contribution >= 0.6 is 0 Å². The molecule has 0 spiro atoms. The van der Waals surface area contributed by atoms with Gasteiger partial charge in [-0.25, -0.2) is 4.98 Å². The van der Waals surface area contributed by atoms with Gasteiger partial charge >= 0.3 is 0 Å². The molecule has 0 saturated heterocycles. The van der Waals surface area contributed by atoms with Gasteiger partial charge in [-0.3, -0.25) is 4.79 Å². The smallest absolute Gasteiger partial charge is 0.224 e. The lowest BCUT2D eigenvalue weighted by atomic mass is 10.1. The van der Waals surface area contributed by atoms with Crippen molar-refractivity contribution in [1.82, 2.24) is 14.9 Å². The molecule has 4 nitrogen and oxygen atoms in total. The molecule has 0 aliphatic heterocycles. The van der Waals surface area contributed by atoms with Crippen LogP contribution in [-0.4, -0.2) is 22.0 Å². The maximum atomic E-state index is 12.3. The van der Waals surface area contributed by atoms with Gasteiger partial charge in [-0.1, -0.05) is 54.6 Å². The fraction of sp³-hybridized carbons (Fsp3) is 0.182. The molecular formula is C22H21N3O. The first-order valence-corrected chi connectivity index (χ1v) is 8.87. The van der Waals surface area contributed by atoms with Crippen LogP contribution in [0.5, 0.6) is 0 Å². The topological polar surface area (TPSA) is 46.9 Å². The second-order valence-electron chi connectivity index (χ2n) is 6.51. The monoisotopic (exact) mass is 343 g/mol. The van der Waals surface area contributed by atoms with Crippen molar-refractivity contribution in [3.63, 3.8) is 0 Å². The number of aromatic nitrogens is 2. The van der Waals surface area contributed by atoms with E-state index in [9.17, 15) is 4.79 Å². The number of nitrogens with one attached hydrogen (secondary N) is 1. The molecule has 1 aromatic heterocycles. The van der Waals surface area contributed by atoms with Crippen LogP contribution in [0.15, 0.2) is 66.7 Å². The van der Waals surface area contributed by atoms with Crippen molar-refractivity contribution in [3.8, 4) is 0 Å². The number of amides is 1. The summed E-state index contributed by atoms with van der Waals surface area (Å²) >= 11 is 0. The SMILES string of the molecule is Cc1nc2ccccc2n1CCNC(=O)Cc1ccc2ccccc2c1. The summed E-state index contributed by atoms with van der Waals surface area (Å²) in [6, 6.07) is 22.4. The van der Waals surface area contributed by atoms with Crippen LogP contribution in [0.1, 0.15) is 11.4 Å². The zero-order chi connectivity index (χ0) is 17.9. The molecule has 0 aliphatic rings. The Kier molecular flexibility index (Phi) is 4.40. The molecule has 4 aromatic rings. The van der Waals surface area contributed by atoms with E-state index in [1.165, 1.54) is 10.8 Å². The molecule has 1 N–H and O–H groups in total. The van der Waals surface area contributed by atoms with Gasteiger partial charge < -0.3 is 9.88 Å². The Labute approximate surface area is 152 Å². The first-order chi connectivity index (χ1) is 12.7. The number of aryl methyl sites for hydroxylation is 1. The fourth-order valence-corrected chi connectivity index (χ4v) is 3.38. The zero-order valence-electron chi connectivity index (χ0n) is 14.8. The number of fused-ring (bicyclic) bond motifs is 2. The van der Waals surface area contributed by atoms with Crippen LogP contribution in [0.2, 0.25) is 0 Å². The molecule has 26 heavy (non-hydrogen) atoms. The molecule has 0 bridgehead atoms. The second kappa shape index (κ2) is 7.00. The van der Waals surface area contributed by atoms with E-state index < -0.39 is 0 Å². The summed E-state index contributed by atoms with van der Waals surface area (Å²) in [5, 5.41) is 5.38. The maximum absolute atomic E-state index is 12.3. The molecule has 0 unspecified atom stereocenters. The number of rotatable bonds is 5. The number of hydrogen-bond donors (Lipinski definition) is 1. The highest BCUT2D eigenvalue weighted by Gasteiger charge is 2.08. The molecule has 4 rings (SSSR count). The molecular weight excluding hydrogens is 322 g/mol. The van der Waals surface area contributed by atoms with Gasteiger partial charge in [0.1, 0.15) is 5.82 Å². The number of nitrogens with zero attached hydrogens (tertiary/aromatic N) is 2. The first kappa shape index (κ1) is 16.3. The summed E-state index contributed by atoms with van der Waals surface area (Å²) in [4.78, 5) is 16.8. The number of para-hydroxylation sites is 2. The Morgan fingerprint density at radius 1 is 1.00 bits per heavy atom. The van der Waals surface area contributed by atoms with Gasteiger partial charge in [0, 0.05) is 13.1 Å². The van der Waals surface area contributed by atoms with Crippen molar-refractivity contribution in [2.24, 2.45) is 0 Å². The van der Waals surface area contributed by atoms with E-state index >= 15 is 0 Å². The van der Waals surface area contributed by atoms with Crippen LogP contribution in [-0.2, 0) is 17.8 Å². The van der Waals surface area contributed by atoms with Gasteiger partial charge in [0.2, 0.25) is 5.91 Å². The number of carbonyl (C=O) groups excluding carboxylic acids is 1. The van der Waals surface area contributed by atoms with E-state index in [1.54, 1.807) is 0 Å². The summed E-state index contributed by atoms with van der Waals surface area (Å²) in [7, 11) is 0. The zero-order valence-corrected chi connectivity index (χ0v) is 14.8. The quantitative estimate of drug-likeness (QED) is 0.598. The minimum absolute atomic E-state index is 0.0438. The van der Waals surface area contributed by atoms with E-state index in [4.69, 9.17) is 0 Å². The van der Waals surface area contributed by atoms with Gasteiger partial charge in [-0.05, 0) is 35.4 Å². The first-order valence-electron chi connectivity index (χ1n) is 8.87. The number of hydrogen-bond acceptors (Lipinski definition) is 2. The Balaban J connectivity index is 1.38. The number of imidazole rings is 1. The van der Waals surface area contributed by atoms with Crippen LogP contribution in [0.25, 0.3) is 21.8 Å². The molecule has 0 atom stereocenters. The minimum Gasteiger partial charge on any atom is -0.354 e. The molecule has 1 amide bonds. The molecule has 1 heterocycles. The van der Waals surface area contributed by atoms with E-state index in [1.807, 2.05) is 43.3 Å². The molecule has 0 aliphatic carbocycles. The Morgan fingerprint density at radius 2 is 1.77 bits per heavy atom. The van der Waals surface area contributed by atoms with E-state index in [-0.39, 0.29) is 5.91 Å². The molecule has 0 radical (unpaired) electrons. The molecule has 130 valence electrons. The molecule has 0 fully saturated rings. The van der Waals surface area contributed by atoms with Crippen molar-refractivity contribution in [3.05, 3.63) is 78.1 Å². The predicted molar refractivity (Wildman–Crippen MR) is 105 cm³/mol. The largest absolute Gasteiger partial charge is 0.354 e. The van der Waals surface area contributed by atoms with Crippen LogP contribution in [0.3, 0.4) is 0 Å². The molecule has 3 aromatic carbocycles. The van der Waals surface area contributed by atoms with Crippen molar-refractivity contribution in [2.75, 3.05) is 6.54 Å². The van der Waals surface area contributed by atoms with Crippen LogP contribution < -0.4 is 5.32 Å². The van der Waals surface area contributed by atoms with Gasteiger partial charge in [-0.15, -0.1) is 0 Å².